The zero-order valence-corrected chi connectivity index (χ0v) is 9.78. The maximum absolute atomic E-state index is 4.35. The Morgan fingerprint density at radius 2 is 2.00 bits per heavy atom. The molecule has 0 bridgehead atoms. The van der Waals surface area contributed by atoms with Gasteiger partial charge in [-0.1, -0.05) is 12.1 Å². The third-order valence-corrected chi connectivity index (χ3v) is 2.41. The number of nitrogens with one attached hydrogen (secondary N) is 1. The Hall–Kier alpha value is -2.57. The molecule has 90 valence electrons. The molecule has 0 spiro atoms. The first-order valence-corrected chi connectivity index (χ1v) is 5.49. The summed E-state index contributed by atoms with van der Waals surface area (Å²) >= 11 is 0. The van der Waals surface area contributed by atoms with Gasteiger partial charge in [-0.3, -0.25) is 4.68 Å². The molecule has 0 amide bonds. The smallest absolute Gasteiger partial charge is 0.243 e. The summed E-state index contributed by atoms with van der Waals surface area (Å²) in [6, 6.07) is 7.60. The van der Waals surface area contributed by atoms with Crippen LogP contribution in [0.15, 0.2) is 30.6 Å². The highest BCUT2D eigenvalue weighted by Crippen LogP contribution is 2.08. The van der Waals surface area contributed by atoms with Gasteiger partial charge in [0.1, 0.15) is 11.8 Å². The van der Waals surface area contributed by atoms with Gasteiger partial charge in [0, 0.05) is 7.05 Å². The Kier molecular flexibility index (Phi) is 2.56. The molecule has 3 aromatic rings. The Morgan fingerprint density at radius 1 is 1.17 bits per heavy atom. The van der Waals surface area contributed by atoms with Crippen molar-refractivity contribution in [3.05, 3.63) is 36.4 Å². The van der Waals surface area contributed by atoms with Crippen LogP contribution in [0.3, 0.4) is 0 Å². The molecule has 0 atom stereocenters. The van der Waals surface area contributed by atoms with Gasteiger partial charge in [0.25, 0.3) is 0 Å². The SMILES string of the molecule is Cn1cnc(CNc2nnc3ccccc3n2)n1. The number of rotatable bonds is 3. The molecule has 0 radical (unpaired) electrons. The topological polar surface area (TPSA) is 81.4 Å². The van der Waals surface area contributed by atoms with E-state index in [0.717, 1.165) is 11.0 Å². The molecule has 0 saturated carbocycles. The van der Waals surface area contributed by atoms with Crippen molar-refractivity contribution in [3.63, 3.8) is 0 Å². The van der Waals surface area contributed by atoms with E-state index >= 15 is 0 Å². The van der Waals surface area contributed by atoms with Crippen molar-refractivity contribution in [1.29, 1.82) is 0 Å². The molecule has 0 aliphatic carbocycles. The molecule has 0 aliphatic rings. The Morgan fingerprint density at radius 3 is 2.78 bits per heavy atom. The standard InChI is InChI=1S/C11H11N7/c1-18-7-13-10(17-18)6-12-11-14-8-4-2-3-5-9(8)15-16-11/h2-5,7H,6H2,1H3,(H,12,14,16). The van der Waals surface area contributed by atoms with Crippen LogP contribution in [-0.2, 0) is 13.6 Å². The molecule has 2 heterocycles. The van der Waals surface area contributed by atoms with Gasteiger partial charge in [-0.05, 0) is 12.1 Å². The van der Waals surface area contributed by atoms with E-state index in [-0.39, 0.29) is 0 Å². The second kappa shape index (κ2) is 4.36. The number of benzene rings is 1. The van der Waals surface area contributed by atoms with Gasteiger partial charge < -0.3 is 5.32 Å². The molecule has 1 aromatic carbocycles. The highest BCUT2D eigenvalue weighted by Gasteiger charge is 2.02. The summed E-state index contributed by atoms with van der Waals surface area (Å²) in [5.74, 6) is 1.16. The van der Waals surface area contributed by atoms with Crippen molar-refractivity contribution in [2.75, 3.05) is 5.32 Å². The van der Waals surface area contributed by atoms with Crippen LogP contribution in [0.2, 0.25) is 0 Å². The molecule has 2 aromatic heterocycles. The number of hydrogen-bond donors (Lipinski definition) is 1. The highest BCUT2D eigenvalue weighted by molar-refractivity contribution is 5.73. The molecular formula is C11H11N7. The van der Waals surface area contributed by atoms with E-state index < -0.39 is 0 Å². The average Bonchev–Trinajstić information content (AvgIpc) is 2.82. The van der Waals surface area contributed by atoms with Crippen LogP contribution in [0, 0.1) is 0 Å². The summed E-state index contributed by atoms with van der Waals surface area (Å²) in [4.78, 5) is 8.46. The molecule has 3 rings (SSSR count). The predicted molar refractivity (Wildman–Crippen MR) is 65.7 cm³/mol. The van der Waals surface area contributed by atoms with E-state index in [1.165, 1.54) is 0 Å². The van der Waals surface area contributed by atoms with Crippen molar-refractivity contribution >= 4 is 17.0 Å². The lowest BCUT2D eigenvalue weighted by Crippen LogP contribution is -2.06. The molecule has 0 fully saturated rings. The fourth-order valence-corrected chi connectivity index (χ4v) is 1.58. The average molecular weight is 241 g/mol. The first-order chi connectivity index (χ1) is 8.81. The van der Waals surface area contributed by atoms with Crippen molar-refractivity contribution in [2.45, 2.75) is 6.54 Å². The summed E-state index contributed by atoms with van der Waals surface area (Å²) in [7, 11) is 1.82. The van der Waals surface area contributed by atoms with E-state index in [9.17, 15) is 0 Å². The minimum atomic E-state index is 0.473. The Balaban J connectivity index is 1.78. The number of aryl methyl sites for hydroxylation is 1. The number of aromatic nitrogens is 6. The van der Waals surface area contributed by atoms with Crippen molar-refractivity contribution in [2.24, 2.45) is 7.05 Å². The fraction of sp³-hybridized carbons (Fsp3) is 0.182. The third-order valence-electron chi connectivity index (χ3n) is 2.41. The molecule has 18 heavy (non-hydrogen) atoms. The number of fused-ring (bicyclic) bond motifs is 1. The van der Waals surface area contributed by atoms with Crippen LogP contribution in [0.5, 0.6) is 0 Å². The Labute approximate surface area is 103 Å². The van der Waals surface area contributed by atoms with Gasteiger partial charge in [0.15, 0.2) is 5.82 Å². The molecular weight excluding hydrogens is 230 g/mol. The van der Waals surface area contributed by atoms with Crippen LogP contribution in [-0.4, -0.2) is 29.9 Å². The number of hydrogen-bond acceptors (Lipinski definition) is 6. The zero-order valence-electron chi connectivity index (χ0n) is 9.78. The van der Waals surface area contributed by atoms with Gasteiger partial charge in [-0.2, -0.15) is 5.10 Å². The molecule has 0 saturated heterocycles. The first kappa shape index (κ1) is 10.6. The lowest BCUT2D eigenvalue weighted by molar-refractivity contribution is 0.746. The summed E-state index contributed by atoms with van der Waals surface area (Å²) in [5.41, 5.74) is 1.59. The van der Waals surface area contributed by atoms with Gasteiger partial charge in [0.05, 0.1) is 12.1 Å². The summed E-state index contributed by atoms with van der Waals surface area (Å²) in [5, 5.41) is 15.3. The molecule has 0 aliphatic heterocycles. The fourth-order valence-electron chi connectivity index (χ4n) is 1.58. The normalized spacial score (nSPS) is 10.7. The predicted octanol–water partition coefficient (Wildman–Crippen LogP) is 0.765. The second-order valence-electron chi connectivity index (χ2n) is 3.81. The van der Waals surface area contributed by atoms with E-state index in [4.69, 9.17) is 0 Å². The number of nitrogens with zero attached hydrogens (tertiary/aromatic N) is 6. The van der Waals surface area contributed by atoms with Gasteiger partial charge in [-0.15, -0.1) is 10.2 Å². The maximum atomic E-state index is 4.35. The molecule has 0 unspecified atom stereocenters. The van der Waals surface area contributed by atoms with E-state index in [0.29, 0.717) is 18.3 Å². The lowest BCUT2D eigenvalue weighted by Gasteiger charge is -2.01. The van der Waals surface area contributed by atoms with Gasteiger partial charge in [-0.25, -0.2) is 9.97 Å². The minimum absolute atomic E-state index is 0.473. The third kappa shape index (κ3) is 2.10. The van der Waals surface area contributed by atoms with Gasteiger partial charge in [0.2, 0.25) is 5.95 Å². The quantitative estimate of drug-likeness (QED) is 0.729. The highest BCUT2D eigenvalue weighted by atomic mass is 15.3. The second-order valence-corrected chi connectivity index (χ2v) is 3.81. The summed E-state index contributed by atoms with van der Waals surface area (Å²) in [6.07, 6.45) is 1.65. The van der Waals surface area contributed by atoms with Crippen molar-refractivity contribution < 1.29 is 0 Å². The summed E-state index contributed by atoms with van der Waals surface area (Å²) in [6.45, 7) is 0.473. The zero-order chi connectivity index (χ0) is 12.4. The van der Waals surface area contributed by atoms with Crippen LogP contribution < -0.4 is 5.32 Å². The van der Waals surface area contributed by atoms with E-state index in [1.54, 1.807) is 11.0 Å². The molecule has 1 N–H and O–H groups in total. The first-order valence-electron chi connectivity index (χ1n) is 5.49. The largest absolute Gasteiger partial charge is 0.346 e. The Bertz CT molecular complexity index is 676. The van der Waals surface area contributed by atoms with Gasteiger partial charge >= 0.3 is 0 Å². The minimum Gasteiger partial charge on any atom is -0.346 e. The van der Waals surface area contributed by atoms with E-state index in [2.05, 4.69) is 30.6 Å². The van der Waals surface area contributed by atoms with Crippen LogP contribution in [0.25, 0.3) is 11.0 Å². The molecule has 7 heteroatoms. The summed E-state index contributed by atoms with van der Waals surface area (Å²) < 4.78 is 1.65. The lowest BCUT2D eigenvalue weighted by atomic mass is 10.3. The molecule has 7 nitrogen and oxygen atoms in total. The number of anilines is 1. The van der Waals surface area contributed by atoms with Crippen LogP contribution >= 0.6 is 0 Å². The van der Waals surface area contributed by atoms with Crippen LogP contribution in [0.1, 0.15) is 5.82 Å². The number of para-hydroxylation sites is 1. The van der Waals surface area contributed by atoms with E-state index in [1.807, 2.05) is 31.3 Å². The van der Waals surface area contributed by atoms with Crippen LogP contribution in [0.4, 0.5) is 5.95 Å². The van der Waals surface area contributed by atoms with Crippen molar-refractivity contribution in [1.82, 2.24) is 29.9 Å². The van der Waals surface area contributed by atoms with Crippen molar-refractivity contribution in [3.8, 4) is 0 Å². The monoisotopic (exact) mass is 241 g/mol. The maximum Gasteiger partial charge on any atom is 0.243 e.